The van der Waals surface area contributed by atoms with Crippen LogP contribution < -0.4 is 4.72 Å². The summed E-state index contributed by atoms with van der Waals surface area (Å²) in [6.07, 6.45) is 2.94. The molecule has 1 atom stereocenters. The first-order chi connectivity index (χ1) is 9.06. The van der Waals surface area contributed by atoms with Crippen molar-refractivity contribution >= 4 is 16.0 Å². The van der Waals surface area contributed by atoms with Gasteiger partial charge >= 0.3 is 5.97 Å². The number of carboxylic acid groups (broad SMARTS) is 1. The number of carboxylic acids is 1. The van der Waals surface area contributed by atoms with Crippen LogP contribution in [-0.4, -0.2) is 31.8 Å². The molecule has 0 saturated carbocycles. The van der Waals surface area contributed by atoms with Gasteiger partial charge in [0, 0.05) is 13.0 Å². The third-order valence-electron chi connectivity index (χ3n) is 3.34. The summed E-state index contributed by atoms with van der Waals surface area (Å²) in [6.45, 7) is 8.44. The minimum atomic E-state index is -3.22. The normalized spacial score (nSPS) is 14.2. The van der Waals surface area contributed by atoms with Crippen molar-refractivity contribution in [2.24, 2.45) is 11.3 Å². The molecular formula is C14H29NO4S. The van der Waals surface area contributed by atoms with Crippen molar-refractivity contribution in [1.29, 1.82) is 0 Å². The summed E-state index contributed by atoms with van der Waals surface area (Å²) in [6, 6.07) is 0. The molecule has 0 fully saturated rings. The van der Waals surface area contributed by atoms with Crippen LogP contribution in [0, 0.1) is 11.3 Å². The Bertz CT molecular complexity index is 384. The lowest BCUT2D eigenvalue weighted by Gasteiger charge is -2.18. The molecule has 6 heteroatoms. The summed E-state index contributed by atoms with van der Waals surface area (Å²) in [4.78, 5) is 10.5. The van der Waals surface area contributed by atoms with E-state index in [-0.39, 0.29) is 23.5 Å². The topological polar surface area (TPSA) is 83.5 Å². The first-order valence-corrected chi connectivity index (χ1v) is 8.90. The molecule has 0 radical (unpaired) electrons. The Morgan fingerprint density at radius 3 is 2.30 bits per heavy atom. The summed E-state index contributed by atoms with van der Waals surface area (Å²) in [7, 11) is -3.22. The van der Waals surface area contributed by atoms with Crippen LogP contribution in [0.5, 0.6) is 0 Å². The number of carbonyl (C=O) groups is 1. The van der Waals surface area contributed by atoms with E-state index in [4.69, 9.17) is 5.11 Å². The van der Waals surface area contributed by atoms with Crippen LogP contribution in [-0.2, 0) is 14.8 Å². The average molecular weight is 307 g/mol. The van der Waals surface area contributed by atoms with Gasteiger partial charge in [0.1, 0.15) is 0 Å². The predicted octanol–water partition coefficient (Wildman–Crippen LogP) is 2.62. The van der Waals surface area contributed by atoms with E-state index in [1.807, 2.05) is 27.7 Å². The van der Waals surface area contributed by atoms with E-state index in [9.17, 15) is 13.2 Å². The van der Waals surface area contributed by atoms with E-state index < -0.39 is 16.0 Å². The average Bonchev–Trinajstić information content (AvgIpc) is 2.30. The quantitative estimate of drug-likeness (QED) is 0.650. The molecule has 0 aliphatic carbocycles. The fourth-order valence-corrected chi connectivity index (χ4v) is 3.27. The highest BCUT2D eigenvalue weighted by Gasteiger charge is 2.17. The highest BCUT2D eigenvalue weighted by molar-refractivity contribution is 7.89. The zero-order chi connectivity index (χ0) is 15.8. The maximum absolute atomic E-state index is 11.8. The van der Waals surface area contributed by atoms with Crippen LogP contribution in [0.2, 0.25) is 0 Å². The molecule has 0 aromatic rings. The summed E-state index contributed by atoms with van der Waals surface area (Å²) in [5.41, 5.74) is 0.00217. The Labute approximate surface area is 123 Å². The van der Waals surface area contributed by atoms with E-state index in [1.54, 1.807) is 0 Å². The summed E-state index contributed by atoms with van der Waals surface area (Å²) < 4.78 is 26.2. The Balaban J connectivity index is 4.04. The Kier molecular flexibility index (Phi) is 8.35. The number of aliphatic carboxylic acids is 1. The van der Waals surface area contributed by atoms with E-state index in [2.05, 4.69) is 4.72 Å². The van der Waals surface area contributed by atoms with E-state index in [0.717, 1.165) is 6.42 Å². The summed E-state index contributed by atoms with van der Waals surface area (Å²) in [5.74, 6) is -0.395. The lowest BCUT2D eigenvalue weighted by Crippen LogP contribution is -2.30. The van der Waals surface area contributed by atoms with Crippen molar-refractivity contribution in [3.63, 3.8) is 0 Å². The van der Waals surface area contributed by atoms with Crippen LogP contribution in [0.4, 0.5) is 0 Å². The molecule has 0 amide bonds. The maximum atomic E-state index is 11.8. The minimum absolute atomic E-state index is 0.00217. The number of hydrogen-bond donors (Lipinski definition) is 2. The second-order valence-electron chi connectivity index (χ2n) is 6.52. The van der Waals surface area contributed by atoms with Gasteiger partial charge in [-0.3, -0.25) is 4.79 Å². The molecule has 0 aromatic carbocycles. The fourth-order valence-electron chi connectivity index (χ4n) is 1.81. The molecule has 2 N–H and O–H groups in total. The van der Waals surface area contributed by atoms with Gasteiger partial charge in [-0.15, -0.1) is 0 Å². The van der Waals surface area contributed by atoms with Crippen LogP contribution in [0.25, 0.3) is 0 Å². The van der Waals surface area contributed by atoms with Crippen molar-refractivity contribution in [3.8, 4) is 0 Å². The number of rotatable bonds is 10. The molecular weight excluding hydrogens is 278 g/mol. The first-order valence-electron chi connectivity index (χ1n) is 7.25. The Hall–Kier alpha value is -0.620. The number of sulfonamides is 1. The molecule has 5 nitrogen and oxygen atoms in total. The zero-order valence-electron chi connectivity index (χ0n) is 13.1. The molecule has 0 spiro atoms. The van der Waals surface area contributed by atoms with Crippen LogP contribution in [0.1, 0.15) is 59.8 Å². The van der Waals surface area contributed by atoms with Gasteiger partial charge in [-0.05, 0) is 30.6 Å². The molecule has 20 heavy (non-hydrogen) atoms. The third kappa shape index (κ3) is 11.2. The van der Waals surface area contributed by atoms with E-state index in [0.29, 0.717) is 25.8 Å². The van der Waals surface area contributed by atoms with Crippen molar-refractivity contribution in [1.82, 2.24) is 4.72 Å². The van der Waals surface area contributed by atoms with Gasteiger partial charge in [-0.2, -0.15) is 0 Å². The predicted molar refractivity (Wildman–Crippen MR) is 81.1 cm³/mol. The monoisotopic (exact) mass is 307 g/mol. The molecule has 0 aliphatic heterocycles. The number of hydrogen-bond acceptors (Lipinski definition) is 3. The highest BCUT2D eigenvalue weighted by Crippen LogP contribution is 2.19. The van der Waals surface area contributed by atoms with Crippen molar-refractivity contribution in [2.75, 3.05) is 12.3 Å². The van der Waals surface area contributed by atoms with Crippen molar-refractivity contribution in [2.45, 2.75) is 59.8 Å². The van der Waals surface area contributed by atoms with Crippen molar-refractivity contribution < 1.29 is 18.3 Å². The standard InChI is InChI=1S/C14H29NO4S/c1-5-12(6-7-13(16)17)8-10-15-20(18,19)11-9-14(2,3)4/h12,15H,5-11H2,1-4H3,(H,16,17). The highest BCUT2D eigenvalue weighted by atomic mass is 32.2. The van der Waals surface area contributed by atoms with E-state index in [1.165, 1.54) is 0 Å². The van der Waals surface area contributed by atoms with Gasteiger partial charge in [-0.1, -0.05) is 34.1 Å². The van der Waals surface area contributed by atoms with Gasteiger partial charge in [0.2, 0.25) is 10.0 Å². The molecule has 0 heterocycles. The van der Waals surface area contributed by atoms with E-state index >= 15 is 0 Å². The second-order valence-corrected chi connectivity index (χ2v) is 8.45. The largest absolute Gasteiger partial charge is 0.481 e. The molecule has 120 valence electrons. The van der Waals surface area contributed by atoms with Crippen LogP contribution in [0.3, 0.4) is 0 Å². The minimum Gasteiger partial charge on any atom is -0.481 e. The molecule has 1 unspecified atom stereocenters. The Morgan fingerprint density at radius 2 is 1.85 bits per heavy atom. The van der Waals surface area contributed by atoms with Crippen LogP contribution >= 0.6 is 0 Å². The second kappa shape index (κ2) is 8.62. The molecule has 0 bridgehead atoms. The van der Waals surface area contributed by atoms with Gasteiger partial charge in [0.25, 0.3) is 0 Å². The molecule has 0 rings (SSSR count). The van der Waals surface area contributed by atoms with Crippen molar-refractivity contribution in [3.05, 3.63) is 0 Å². The van der Waals surface area contributed by atoms with Gasteiger partial charge < -0.3 is 5.11 Å². The third-order valence-corrected chi connectivity index (χ3v) is 4.72. The Morgan fingerprint density at radius 1 is 1.25 bits per heavy atom. The molecule has 0 saturated heterocycles. The lowest BCUT2D eigenvalue weighted by molar-refractivity contribution is -0.137. The molecule has 0 aliphatic rings. The zero-order valence-corrected chi connectivity index (χ0v) is 13.9. The number of nitrogens with one attached hydrogen (secondary N) is 1. The molecule has 0 aromatic heterocycles. The van der Waals surface area contributed by atoms with Gasteiger partial charge in [0.15, 0.2) is 0 Å². The maximum Gasteiger partial charge on any atom is 0.303 e. The summed E-state index contributed by atoms with van der Waals surface area (Å²) >= 11 is 0. The van der Waals surface area contributed by atoms with Gasteiger partial charge in [0.05, 0.1) is 5.75 Å². The summed E-state index contributed by atoms with van der Waals surface area (Å²) in [5, 5.41) is 8.65. The lowest BCUT2D eigenvalue weighted by atomic mass is 9.94. The van der Waals surface area contributed by atoms with Crippen LogP contribution in [0.15, 0.2) is 0 Å². The fraction of sp³-hybridized carbons (Fsp3) is 0.929. The first kappa shape index (κ1) is 19.4. The smallest absolute Gasteiger partial charge is 0.303 e. The SMILES string of the molecule is CCC(CCNS(=O)(=O)CCC(C)(C)C)CCC(=O)O. The van der Waals surface area contributed by atoms with Gasteiger partial charge in [-0.25, -0.2) is 13.1 Å².